The summed E-state index contributed by atoms with van der Waals surface area (Å²) in [5, 5.41) is 3.53. The highest BCUT2D eigenvalue weighted by Gasteiger charge is 2.27. The first kappa shape index (κ1) is 16.5. The number of rotatable bonds is 6. The van der Waals surface area contributed by atoms with Crippen molar-refractivity contribution in [3.8, 4) is 0 Å². The summed E-state index contributed by atoms with van der Waals surface area (Å²) in [7, 11) is 4.40. The van der Waals surface area contributed by atoms with Gasteiger partial charge in [0.05, 0.1) is 0 Å². The number of benzene rings is 1. The molecule has 0 saturated heterocycles. The van der Waals surface area contributed by atoms with Crippen molar-refractivity contribution in [3.63, 3.8) is 0 Å². The van der Waals surface area contributed by atoms with E-state index in [9.17, 15) is 0 Å². The van der Waals surface area contributed by atoms with Crippen LogP contribution in [-0.2, 0) is 6.42 Å². The molecule has 1 aliphatic rings. The standard InChI is InChI=1S/C19H32N2/c1-5-16-11-13-17(14-12-16)19(20-3)15(2)21(4)18-9-7-6-8-10-18/h11-15,18-20H,5-10H2,1-4H3. The Kier molecular flexibility index (Phi) is 6.25. The summed E-state index contributed by atoms with van der Waals surface area (Å²) in [5.41, 5.74) is 2.83. The summed E-state index contributed by atoms with van der Waals surface area (Å²) in [6.07, 6.45) is 8.07. The Hall–Kier alpha value is -0.860. The van der Waals surface area contributed by atoms with Gasteiger partial charge in [-0.05, 0) is 51.4 Å². The van der Waals surface area contributed by atoms with Crippen LogP contribution in [0.25, 0.3) is 0 Å². The van der Waals surface area contributed by atoms with Crippen LogP contribution < -0.4 is 5.32 Å². The second kappa shape index (κ2) is 7.95. The van der Waals surface area contributed by atoms with Crippen LogP contribution in [0.2, 0.25) is 0 Å². The minimum atomic E-state index is 0.405. The molecule has 1 aliphatic carbocycles. The van der Waals surface area contributed by atoms with E-state index in [1.807, 2.05) is 0 Å². The van der Waals surface area contributed by atoms with E-state index in [0.29, 0.717) is 12.1 Å². The van der Waals surface area contributed by atoms with Crippen molar-refractivity contribution in [2.45, 2.75) is 70.5 Å². The van der Waals surface area contributed by atoms with Crippen molar-refractivity contribution in [1.29, 1.82) is 0 Å². The van der Waals surface area contributed by atoms with E-state index in [1.165, 1.54) is 43.2 Å². The smallest absolute Gasteiger partial charge is 0.0473 e. The summed E-state index contributed by atoms with van der Waals surface area (Å²) < 4.78 is 0. The van der Waals surface area contributed by atoms with Gasteiger partial charge in [-0.1, -0.05) is 50.5 Å². The van der Waals surface area contributed by atoms with Crippen molar-refractivity contribution in [2.75, 3.05) is 14.1 Å². The number of likely N-dealkylation sites (N-methyl/N-ethyl adjacent to an activating group) is 2. The Bertz CT molecular complexity index is 406. The van der Waals surface area contributed by atoms with Crippen LogP contribution in [0.15, 0.2) is 24.3 Å². The van der Waals surface area contributed by atoms with Gasteiger partial charge in [0.1, 0.15) is 0 Å². The molecule has 1 aromatic carbocycles. The van der Waals surface area contributed by atoms with Gasteiger partial charge >= 0.3 is 0 Å². The molecule has 1 N–H and O–H groups in total. The zero-order valence-corrected chi connectivity index (χ0v) is 14.2. The monoisotopic (exact) mass is 288 g/mol. The third-order valence-electron chi connectivity index (χ3n) is 5.33. The molecule has 2 atom stereocenters. The van der Waals surface area contributed by atoms with E-state index in [0.717, 1.165) is 12.5 Å². The Morgan fingerprint density at radius 2 is 1.76 bits per heavy atom. The van der Waals surface area contributed by atoms with Crippen LogP contribution >= 0.6 is 0 Å². The number of hydrogen-bond acceptors (Lipinski definition) is 2. The molecule has 0 radical (unpaired) electrons. The number of nitrogens with zero attached hydrogens (tertiary/aromatic N) is 1. The summed E-state index contributed by atoms with van der Waals surface area (Å²) in [5.74, 6) is 0. The van der Waals surface area contributed by atoms with E-state index in [-0.39, 0.29) is 0 Å². The predicted octanol–water partition coefficient (Wildman–Crippen LogP) is 4.16. The number of hydrogen-bond donors (Lipinski definition) is 1. The van der Waals surface area contributed by atoms with E-state index in [1.54, 1.807) is 0 Å². The molecule has 2 heteroatoms. The van der Waals surface area contributed by atoms with Gasteiger partial charge in [-0.15, -0.1) is 0 Å². The fourth-order valence-electron chi connectivity index (χ4n) is 3.70. The van der Waals surface area contributed by atoms with Gasteiger partial charge in [0.15, 0.2) is 0 Å². The minimum Gasteiger partial charge on any atom is -0.312 e. The Labute approximate surface area is 130 Å². The molecule has 21 heavy (non-hydrogen) atoms. The highest BCUT2D eigenvalue weighted by molar-refractivity contribution is 5.26. The predicted molar refractivity (Wildman–Crippen MR) is 91.7 cm³/mol. The quantitative estimate of drug-likeness (QED) is 0.845. The molecule has 118 valence electrons. The molecule has 0 spiro atoms. The largest absolute Gasteiger partial charge is 0.312 e. The Morgan fingerprint density at radius 3 is 2.29 bits per heavy atom. The van der Waals surface area contributed by atoms with Crippen molar-refractivity contribution >= 4 is 0 Å². The molecule has 0 aromatic heterocycles. The zero-order valence-electron chi connectivity index (χ0n) is 14.2. The van der Waals surface area contributed by atoms with Gasteiger partial charge in [0, 0.05) is 18.1 Å². The Morgan fingerprint density at radius 1 is 1.14 bits per heavy atom. The lowest BCUT2D eigenvalue weighted by atomic mass is 9.91. The normalized spacial score (nSPS) is 19.7. The van der Waals surface area contributed by atoms with Crippen LogP contribution in [0.1, 0.15) is 63.1 Å². The molecule has 2 nitrogen and oxygen atoms in total. The summed E-state index contributed by atoms with van der Waals surface area (Å²) in [6.45, 7) is 4.58. The van der Waals surface area contributed by atoms with Gasteiger partial charge in [-0.25, -0.2) is 0 Å². The van der Waals surface area contributed by atoms with E-state index >= 15 is 0 Å². The Balaban J connectivity index is 2.07. The summed E-state index contributed by atoms with van der Waals surface area (Å²) in [6, 6.07) is 10.8. The lowest BCUT2D eigenvalue weighted by molar-refractivity contribution is 0.122. The second-order valence-corrected chi connectivity index (χ2v) is 6.56. The lowest BCUT2D eigenvalue weighted by Gasteiger charge is -2.39. The molecule has 2 unspecified atom stereocenters. The molecular formula is C19H32N2. The van der Waals surface area contributed by atoms with Gasteiger partial charge < -0.3 is 5.32 Å². The maximum Gasteiger partial charge on any atom is 0.0473 e. The maximum atomic E-state index is 3.53. The van der Waals surface area contributed by atoms with Crippen molar-refractivity contribution in [1.82, 2.24) is 10.2 Å². The molecule has 0 bridgehead atoms. The highest BCUT2D eigenvalue weighted by Crippen LogP contribution is 2.27. The van der Waals surface area contributed by atoms with Crippen molar-refractivity contribution < 1.29 is 0 Å². The van der Waals surface area contributed by atoms with E-state index in [2.05, 4.69) is 62.4 Å². The summed E-state index contributed by atoms with van der Waals surface area (Å²) >= 11 is 0. The number of nitrogens with one attached hydrogen (secondary N) is 1. The maximum absolute atomic E-state index is 3.53. The first-order valence-corrected chi connectivity index (χ1v) is 8.65. The van der Waals surface area contributed by atoms with Crippen LogP contribution in [0.3, 0.4) is 0 Å². The van der Waals surface area contributed by atoms with Gasteiger partial charge in [0.2, 0.25) is 0 Å². The highest BCUT2D eigenvalue weighted by atomic mass is 15.2. The van der Waals surface area contributed by atoms with Crippen LogP contribution in [-0.4, -0.2) is 31.1 Å². The molecule has 0 heterocycles. The van der Waals surface area contributed by atoms with Crippen molar-refractivity contribution in [3.05, 3.63) is 35.4 Å². The zero-order chi connectivity index (χ0) is 15.2. The number of aryl methyl sites for hydroxylation is 1. The fourth-order valence-corrected chi connectivity index (χ4v) is 3.70. The van der Waals surface area contributed by atoms with E-state index in [4.69, 9.17) is 0 Å². The lowest BCUT2D eigenvalue weighted by Crippen LogP contribution is -2.45. The molecule has 2 rings (SSSR count). The topological polar surface area (TPSA) is 15.3 Å². The average molecular weight is 288 g/mol. The average Bonchev–Trinajstić information content (AvgIpc) is 2.56. The molecule has 1 aromatic rings. The van der Waals surface area contributed by atoms with Gasteiger partial charge in [-0.2, -0.15) is 0 Å². The van der Waals surface area contributed by atoms with Crippen LogP contribution in [0, 0.1) is 0 Å². The SMILES string of the molecule is CCc1ccc(C(NC)C(C)N(C)C2CCCCC2)cc1. The molecule has 1 saturated carbocycles. The van der Waals surface area contributed by atoms with E-state index < -0.39 is 0 Å². The van der Waals surface area contributed by atoms with Gasteiger partial charge in [-0.3, -0.25) is 4.90 Å². The van der Waals surface area contributed by atoms with Crippen molar-refractivity contribution in [2.24, 2.45) is 0 Å². The third-order valence-corrected chi connectivity index (χ3v) is 5.33. The second-order valence-electron chi connectivity index (χ2n) is 6.56. The summed E-state index contributed by atoms with van der Waals surface area (Å²) in [4.78, 5) is 2.61. The molecule has 0 aliphatic heterocycles. The fraction of sp³-hybridized carbons (Fsp3) is 0.684. The molecule has 0 amide bonds. The third kappa shape index (κ3) is 4.08. The first-order chi connectivity index (χ1) is 10.2. The van der Waals surface area contributed by atoms with Crippen LogP contribution in [0.4, 0.5) is 0 Å². The molecular weight excluding hydrogens is 256 g/mol. The van der Waals surface area contributed by atoms with Gasteiger partial charge in [0.25, 0.3) is 0 Å². The first-order valence-electron chi connectivity index (χ1n) is 8.65. The van der Waals surface area contributed by atoms with Crippen LogP contribution in [0.5, 0.6) is 0 Å². The minimum absolute atomic E-state index is 0.405. The molecule has 1 fully saturated rings.